The van der Waals surface area contributed by atoms with Gasteiger partial charge in [-0.1, -0.05) is 12.1 Å². The Labute approximate surface area is 154 Å². The van der Waals surface area contributed by atoms with E-state index in [1.807, 2.05) is 47.1 Å². The quantitative estimate of drug-likeness (QED) is 0.710. The van der Waals surface area contributed by atoms with Gasteiger partial charge in [-0.15, -0.1) is 0 Å². The lowest BCUT2D eigenvalue weighted by molar-refractivity contribution is 0.394. The van der Waals surface area contributed by atoms with Crippen LogP contribution in [0.1, 0.15) is 5.56 Å². The summed E-state index contributed by atoms with van der Waals surface area (Å²) in [5.41, 5.74) is 4.16. The van der Waals surface area contributed by atoms with Gasteiger partial charge in [-0.05, 0) is 46.6 Å². The average molecular weight is 400 g/mol. The molecule has 5 nitrogen and oxygen atoms in total. The van der Waals surface area contributed by atoms with E-state index >= 15 is 0 Å². The maximum absolute atomic E-state index is 5.41. The first-order valence-corrected chi connectivity index (χ1v) is 8.84. The van der Waals surface area contributed by atoms with Crippen molar-refractivity contribution >= 4 is 21.7 Å². The van der Waals surface area contributed by atoms with Crippen molar-refractivity contribution in [3.05, 3.63) is 52.5 Å². The van der Waals surface area contributed by atoms with Crippen molar-refractivity contribution in [2.45, 2.75) is 6.42 Å². The smallest absolute Gasteiger partial charge is 0.133 e. The van der Waals surface area contributed by atoms with Gasteiger partial charge in [-0.3, -0.25) is 0 Å². The third-order valence-corrected chi connectivity index (χ3v) is 5.03. The standard InChI is InChI=1S/C19H18BrN3O2/c1-24-13-9-12(10-14(11-13)25-2)18-15-7-8-21-19(15)23(22-18)17-6-4-3-5-16(17)20/h3-6,9-11,21H,7-8H2,1-2H3. The molecule has 1 aliphatic heterocycles. The van der Waals surface area contributed by atoms with Gasteiger partial charge in [0.15, 0.2) is 0 Å². The zero-order valence-electron chi connectivity index (χ0n) is 14.0. The van der Waals surface area contributed by atoms with E-state index < -0.39 is 0 Å². The first-order chi connectivity index (χ1) is 12.2. The minimum absolute atomic E-state index is 0.754. The van der Waals surface area contributed by atoms with Gasteiger partial charge in [0, 0.05) is 28.2 Å². The number of rotatable bonds is 4. The molecule has 0 bridgehead atoms. The molecule has 3 aromatic rings. The summed E-state index contributed by atoms with van der Waals surface area (Å²) in [5.74, 6) is 2.55. The molecule has 1 N–H and O–H groups in total. The Morgan fingerprint density at radius 2 is 1.80 bits per heavy atom. The zero-order valence-corrected chi connectivity index (χ0v) is 15.6. The summed E-state index contributed by atoms with van der Waals surface area (Å²) in [7, 11) is 3.31. The number of hydrogen-bond acceptors (Lipinski definition) is 4. The van der Waals surface area contributed by atoms with Crippen LogP contribution in [0, 0.1) is 0 Å². The van der Waals surface area contributed by atoms with Crippen LogP contribution in [-0.2, 0) is 6.42 Å². The van der Waals surface area contributed by atoms with E-state index in [-0.39, 0.29) is 0 Å². The number of fused-ring (bicyclic) bond motifs is 1. The predicted molar refractivity (Wildman–Crippen MR) is 102 cm³/mol. The molecule has 0 saturated carbocycles. The lowest BCUT2D eigenvalue weighted by Gasteiger charge is -2.09. The highest BCUT2D eigenvalue weighted by atomic mass is 79.9. The second-order valence-corrected chi connectivity index (χ2v) is 6.67. The van der Waals surface area contributed by atoms with Crippen LogP contribution >= 0.6 is 15.9 Å². The number of benzene rings is 2. The Morgan fingerprint density at radius 1 is 1.08 bits per heavy atom. The van der Waals surface area contributed by atoms with Crippen molar-refractivity contribution in [2.75, 3.05) is 26.1 Å². The summed E-state index contributed by atoms with van der Waals surface area (Å²) in [4.78, 5) is 0. The molecule has 4 rings (SSSR count). The second kappa shape index (κ2) is 6.44. The van der Waals surface area contributed by atoms with Gasteiger partial charge in [-0.25, -0.2) is 4.68 Å². The lowest BCUT2D eigenvalue weighted by Crippen LogP contribution is -2.04. The molecule has 0 radical (unpaired) electrons. The molecule has 0 spiro atoms. The molecule has 2 aromatic carbocycles. The van der Waals surface area contributed by atoms with E-state index in [9.17, 15) is 0 Å². The van der Waals surface area contributed by atoms with E-state index in [0.717, 1.165) is 51.7 Å². The van der Waals surface area contributed by atoms with Gasteiger partial charge in [0.2, 0.25) is 0 Å². The number of halogens is 1. The Balaban J connectivity index is 1.90. The fourth-order valence-electron chi connectivity index (χ4n) is 3.15. The maximum atomic E-state index is 5.41. The minimum atomic E-state index is 0.754. The third-order valence-electron chi connectivity index (χ3n) is 4.36. The molecule has 0 aliphatic carbocycles. The van der Waals surface area contributed by atoms with E-state index in [4.69, 9.17) is 14.6 Å². The summed E-state index contributed by atoms with van der Waals surface area (Å²) in [5, 5.41) is 8.36. The zero-order chi connectivity index (χ0) is 17.4. The normalized spacial score (nSPS) is 12.6. The van der Waals surface area contributed by atoms with Crippen molar-refractivity contribution in [3.8, 4) is 28.4 Å². The monoisotopic (exact) mass is 399 g/mol. The van der Waals surface area contributed by atoms with Crippen LogP contribution < -0.4 is 14.8 Å². The van der Waals surface area contributed by atoms with Crippen LogP contribution in [0.2, 0.25) is 0 Å². The molecule has 0 unspecified atom stereocenters. The van der Waals surface area contributed by atoms with Gasteiger partial charge < -0.3 is 14.8 Å². The first-order valence-electron chi connectivity index (χ1n) is 8.05. The second-order valence-electron chi connectivity index (χ2n) is 5.82. The van der Waals surface area contributed by atoms with Gasteiger partial charge in [0.25, 0.3) is 0 Å². The highest BCUT2D eigenvalue weighted by molar-refractivity contribution is 9.10. The largest absolute Gasteiger partial charge is 0.497 e. The highest BCUT2D eigenvalue weighted by Crippen LogP contribution is 2.38. The topological polar surface area (TPSA) is 48.3 Å². The van der Waals surface area contributed by atoms with Crippen molar-refractivity contribution in [1.29, 1.82) is 0 Å². The van der Waals surface area contributed by atoms with Crippen LogP contribution in [0.3, 0.4) is 0 Å². The van der Waals surface area contributed by atoms with Crippen molar-refractivity contribution < 1.29 is 9.47 Å². The number of anilines is 1. The molecule has 6 heteroatoms. The lowest BCUT2D eigenvalue weighted by atomic mass is 10.1. The molecule has 0 fully saturated rings. The minimum Gasteiger partial charge on any atom is -0.497 e. The maximum Gasteiger partial charge on any atom is 0.133 e. The number of methoxy groups -OCH3 is 2. The summed E-state index contributed by atoms with van der Waals surface area (Å²) >= 11 is 3.62. The van der Waals surface area contributed by atoms with E-state index in [1.54, 1.807) is 14.2 Å². The molecular formula is C19H18BrN3O2. The number of nitrogens with one attached hydrogen (secondary N) is 1. The van der Waals surface area contributed by atoms with Crippen molar-refractivity contribution in [2.24, 2.45) is 0 Å². The predicted octanol–water partition coefficient (Wildman–Crippen LogP) is 4.29. The molecule has 0 amide bonds. The Bertz CT molecular complexity index is 914. The molecule has 0 atom stereocenters. The SMILES string of the molecule is COc1cc(OC)cc(-c2nn(-c3ccccc3Br)c3c2CCN3)c1. The Hall–Kier alpha value is -2.47. The molecule has 0 saturated heterocycles. The number of nitrogens with zero attached hydrogens (tertiary/aromatic N) is 2. The Kier molecular flexibility index (Phi) is 4.13. The fraction of sp³-hybridized carbons (Fsp3) is 0.211. The van der Waals surface area contributed by atoms with Crippen LogP contribution in [-0.4, -0.2) is 30.5 Å². The molecule has 1 aliphatic rings. The highest BCUT2D eigenvalue weighted by Gasteiger charge is 2.25. The summed E-state index contributed by atoms with van der Waals surface area (Å²) < 4.78 is 13.8. The van der Waals surface area contributed by atoms with Crippen molar-refractivity contribution in [3.63, 3.8) is 0 Å². The molecule has 25 heavy (non-hydrogen) atoms. The van der Waals surface area contributed by atoms with E-state index in [0.29, 0.717) is 0 Å². The van der Waals surface area contributed by atoms with Gasteiger partial charge in [-0.2, -0.15) is 5.10 Å². The van der Waals surface area contributed by atoms with Crippen LogP contribution in [0.5, 0.6) is 11.5 Å². The van der Waals surface area contributed by atoms with E-state index in [2.05, 4.69) is 21.2 Å². The summed E-state index contributed by atoms with van der Waals surface area (Å²) in [6.45, 7) is 0.908. The number of aromatic nitrogens is 2. The molecular weight excluding hydrogens is 382 g/mol. The van der Waals surface area contributed by atoms with Gasteiger partial charge in [0.05, 0.1) is 25.6 Å². The fourth-order valence-corrected chi connectivity index (χ4v) is 3.60. The van der Waals surface area contributed by atoms with Crippen LogP contribution in [0.15, 0.2) is 46.9 Å². The Morgan fingerprint density at radius 3 is 2.48 bits per heavy atom. The molecule has 1 aromatic heterocycles. The van der Waals surface area contributed by atoms with Crippen LogP contribution in [0.25, 0.3) is 16.9 Å². The summed E-state index contributed by atoms with van der Waals surface area (Å²) in [6.07, 6.45) is 0.939. The van der Waals surface area contributed by atoms with Gasteiger partial charge in [0.1, 0.15) is 17.3 Å². The first kappa shape index (κ1) is 16.0. The molecule has 128 valence electrons. The van der Waals surface area contributed by atoms with Gasteiger partial charge >= 0.3 is 0 Å². The summed E-state index contributed by atoms with van der Waals surface area (Å²) in [6, 6.07) is 13.9. The van der Waals surface area contributed by atoms with E-state index in [1.165, 1.54) is 5.56 Å². The van der Waals surface area contributed by atoms with Crippen molar-refractivity contribution in [1.82, 2.24) is 9.78 Å². The molecule has 2 heterocycles. The van der Waals surface area contributed by atoms with Crippen LogP contribution in [0.4, 0.5) is 5.82 Å². The number of ether oxygens (including phenoxy) is 2. The third kappa shape index (κ3) is 2.76. The number of hydrogen-bond donors (Lipinski definition) is 1. The number of para-hydroxylation sites is 1. The average Bonchev–Trinajstić information content (AvgIpc) is 3.24.